The molecule has 0 radical (unpaired) electrons. The molecule has 25 heavy (non-hydrogen) atoms. The summed E-state index contributed by atoms with van der Waals surface area (Å²) >= 11 is 0. The minimum absolute atomic E-state index is 0.164. The van der Waals surface area contributed by atoms with Crippen molar-refractivity contribution in [1.82, 2.24) is 9.78 Å². The maximum atomic E-state index is 12.7. The lowest BCUT2D eigenvalue weighted by molar-refractivity contribution is 0.102. The van der Waals surface area contributed by atoms with Crippen molar-refractivity contribution in [2.75, 3.05) is 12.4 Å². The molecule has 0 spiro atoms. The normalized spacial score (nSPS) is 10.5. The number of hydrogen-bond acceptors (Lipinski definition) is 3. The maximum Gasteiger partial charge on any atom is 0.259 e. The summed E-state index contributed by atoms with van der Waals surface area (Å²) in [6.45, 7) is 4.42. The lowest BCUT2D eigenvalue weighted by Crippen LogP contribution is -2.14. The van der Waals surface area contributed by atoms with E-state index in [-0.39, 0.29) is 5.91 Å². The zero-order valence-corrected chi connectivity index (χ0v) is 14.6. The Morgan fingerprint density at radius 1 is 1.12 bits per heavy atom. The lowest BCUT2D eigenvalue weighted by Gasteiger charge is -2.08. The number of nitrogens with one attached hydrogen (secondary N) is 1. The van der Waals surface area contributed by atoms with Crippen molar-refractivity contribution in [3.05, 3.63) is 77.1 Å². The molecule has 1 heterocycles. The zero-order valence-electron chi connectivity index (χ0n) is 14.6. The minimum Gasteiger partial charge on any atom is -0.497 e. The van der Waals surface area contributed by atoms with Crippen LogP contribution in [0.1, 0.15) is 27.3 Å². The number of nitrogens with zero attached hydrogens (tertiary/aromatic N) is 2. The molecule has 0 aliphatic rings. The topological polar surface area (TPSA) is 56.1 Å². The third kappa shape index (κ3) is 3.71. The zero-order chi connectivity index (χ0) is 17.8. The molecule has 0 fully saturated rings. The number of rotatable bonds is 5. The van der Waals surface area contributed by atoms with E-state index in [1.165, 1.54) is 0 Å². The lowest BCUT2D eigenvalue weighted by atomic mass is 10.1. The van der Waals surface area contributed by atoms with Crippen molar-refractivity contribution < 1.29 is 9.53 Å². The van der Waals surface area contributed by atoms with Crippen molar-refractivity contribution in [1.29, 1.82) is 0 Å². The number of ether oxygens (including phenoxy) is 1. The molecule has 0 atom stereocenters. The molecule has 3 aromatic rings. The molecule has 2 aromatic carbocycles. The first-order chi connectivity index (χ1) is 12.1. The molecule has 0 saturated heterocycles. The number of methoxy groups -OCH3 is 1. The van der Waals surface area contributed by atoms with Crippen LogP contribution in [0.5, 0.6) is 5.75 Å². The van der Waals surface area contributed by atoms with Gasteiger partial charge in [0.05, 0.1) is 24.9 Å². The fourth-order valence-electron chi connectivity index (χ4n) is 2.83. The first kappa shape index (κ1) is 16.8. The van der Waals surface area contributed by atoms with Crippen LogP contribution in [0.15, 0.2) is 54.6 Å². The third-order valence-electron chi connectivity index (χ3n) is 4.11. The highest BCUT2D eigenvalue weighted by Crippen LogP contribution is 2.20. The summed E-state index contributed by atoms with van der Waals surface area (Å²) in [5.74, 6) is 0.536. The average Bonchev–Trinajstić information content (AvgIpc) is 2.89. The van der Waals surface area contributed by atoms with Gasteiger partial charge in [-0.05, 0) is 31.5 Å². The van der Waals surface area contributed by atoms with Crippen molar-refractivity contribution in [2.45, 2.75) is 20.4 Å². The molecule has 5 nitrogen and oxygen atoms in total. The first-order valence-corrected chi connectivity index (χ1v) is 8.12. The highest BCUT2D eigenvalue weighted by atomic mass is 16.5. The summed E-state index contributed by atoms with van der Waals surface area (Å²) in [7, 11) is 1.60. The van der Waals surface area contributed by atoms with Gasteiger partial charge in [0.1, 0.15) is 5.75 Å². The van der Waals surface area contributed by atoms with Crippen LogP contribution >= 0.6 is 0 Å². The van der Waals surface area contributed by atoms with Crippen LogP contribution in [-0.2, 0) is 6.54 Å². The standard InChI is InChI=1S/C20H21N3O2/c1-14-19(20(24)21-17-10-7-11-18(12-17)25-3)15(2)23(22-14)13-16-8-5-4-6-9-16/h4-12H,13H2,1-3H3,(H,21,24). The van der Waals surface area contributed by atoms with Gasteiger partial charge in [-0.2, -0.15) is 5.10 Å². The monoisotopic (exact) mass is 335 g/mol. The molecule has 1 N–H and O–H groups in total. The van der Waals surface area contributed by atoms with Gasteiger partial charge in [0.15, 0.2) is 0 Å². The second-order valence-corrected chi connectivity index (χ2v) is 5.88. The van der Waals surface area contributed by atoms with E-state index in [2.05, 4.69) is 10.4 Å². The Morgan fingerprint density at radius 2 is 1.88 bits per heavy atom. The number of anilines is 1. The van der Waals surface area contributed by atoms with Gasteiger partial charge in [-0.25, -0.2) is 0 Å². The summed E-state index contributed by atoms with van der Waals surface area (Å²) in [6, 6.07) is 17.4. The second kappa shape index (κ2) is 7.21. The average molecular weight is 335 g/mol. The summed E-state index contributed by atoms with van der Waals surface area (Å²) in [5.41, 5.74) is 4.01. The summed E-state index contributed by atoms with van der Waals surface area (Å²) in [4.78, 5) is 12.7. The predicted octanol–water partition coefficient (Wildman–Crippen LogP) is 3.81. The fourth-order valence-corrected chi connectivity index (χ4v) is 2.83. The third-order valence-corrected chi connectivity index (χ3v) is 4.11. The van der Waals surface area contributed by atoms with Crippen LogP contribution < -0.4 is 10.1 Å². The largest absolute Gasteiger partial charge is 0.497 e. The minimum atomic E-state index is -0.164. The molecule has 1 aromatic heterocycles. The fraction of sp³-hybridized carbons (Fsp3) is 0.200. The van der Waals surface area contributed by atoms with E-state index in [0.717, 1.165) is 11.3 Å². The van der Waals surface area contributed by atoms with Gasteiger partial charge in [-0.15, -0.1) is 0 Å². The van der Waals surface area contributed by atoms with Crippen molar-refractivity contribution in [3.8, 4) is 5.75 Å². The number of benzene rings is 2. The van der Waals surface area contributed by atoms with Gasteiger partial charge in [0.25, 0.3) is 5.91 Å². The summed E-state index contributed by atoms with van der Waals surface area (Å²) in [6.07, 6.45) is 0. The molecule has 128 valence electrons. The molecule has 3 rings (SSSR count). The summed E-state index contributed by atoms with van der Waals surface area (Å²) in [5, 5.41) is 7.45. The van der Waals surface area contributed by atoms with Crippen molar-refractivity contribution >= 4 is 11.6 Å². The number of aryl methyl sites for hydroxylation is 1. The van der Waals surface area contributed by atoms with Crippen LogP contribution in [0.4, 0.5) is 5.69 Å². The SMILES string of the molecule is COc1cccc(NC(=O)c2c(C)nn(Cc3ccccc3)c2C)c1. The number of amides is 1. The van der Waals surface area contributed by atoms with E-state index in [1.54, 1.807) is 13.2 Å². The Kier molecular flexibility index (Phi) is 4.84. The van der Waals surface area contributed by atoms with E-state index in [4.69, 9.17) is 4.74 Å². The van der Waals surface area contributed by atoms with Crippen LogP contribution in [-0.4, -0.2) is 22.8 Å². The van der Waals surface area contributed by atoms with Crippen molar-refractivity contribution in [3.63, 3.8) is 0 Å². The van der Waals surface area contributed by atoms with E-state index in [0.29, 0.717) is 29.2 Å². The number of aromatic nitrogens is 2. The smallest absolute Gasteiger partial charge is 0.259 e. The molecule has 0 aliphatic heterocycles. The van der Waals surface area contributed by atoms with E-state index in [1.807, 2.05) is 67.1 Å². The number of carbonyl (C=O) groups excluding carboxylic acids is 1. The Balaban J connectivity index is 1.83. The van der Waals surface area contributed by atoms with Crippen molar-refractivity contribution in [2.24, 2.45) is 0 Å². The molecular weight excluding hydrogens is 314 g/mol. The van der Waals surface area contributed by atoms with Crippen LogP contribution in [0.2, 0.25) is 0 Å². The van der Waals surface area contributed by atoms with Crippen LogP contribution in [0, 0.1) is 13.8 Å². The van der Waals surface area contributed by atoms with Gasteiger partial charge in [0, 0.05) is 17.4 Å². The Morgan fingerprint density at radius 3 is 2.60 bits per heavy atom. The van der Waals surface area contributed by atoms with E-state index in [9.17, 15) is 4.79 Å². The van der Waals surface area contributed by atoms with Crippen LogP contribution in [0.3, 0.4) is 0 Å². The number of hydrogen-bond donors (Lipinski definition) is 1. The quantitative estimate of drug-likeness (QED) is 0.771. The maximum absolute atomic E-state index is 12.7. The highest BCUT2D eigenvalue weighted by Gasteiger charge is 2.19. The highest BCUT2D eigenvalue weighted by molar-refractivity contribution is 6.05. The van der Waals surface area contributed by atoms with E-state index >= 15 is 0 Å². The first-order valence-electron chi connectivity index (χ1n) is 8.12. The molecular formula is C20H21N3O2. The van der Waals surface area contributed by atoms with Gasteiger partial charge in [0.2, 0.25) is 0 Å². The molecule has 0 unspecified atom stereocenters. The van der Waals surface area contributed by atoms with Gasteiger partial charge < -0.3 is 10.1 Å². The van der Waals surface area contributed by atoms with E-state index < -0.39 is 0 Å². The Labute approximate surface area is 147 Å². The Hall–Kier alpha value is -3.08. The predicted molar refractivity (Wildman–Crippen MR) is 98.2 cm³/mol. The summed E-state index contributed by atoms with van der Waals surface area (Å²) < 4.78 is 7.06. The van der Waals surface area contributed by atoms with Gasteiger partial charge in [-0.3, -0.25) is 9.48 Å². The van der Waals surface area contributed by atoms with Crippen LogP contribution in [0.25, 0.3) is 0 Å². The Bertz CT molecular complexity index is 885. The molecule has 1 amide bonds. The molecule has 5 heteroatoms. The van der Waals surface area contributed by atoms with Gasteiger partial charge in [-0.1, -0.05) is 36.4 Å². The van der Waals surface area contributed by atoms with Gasteiger partial charge >= 0.3 is 0 Å². The number of carbonyl (C=O) groups is 1. The molecule has 0 saturated carbocycles. The molecule has 0 aliphatic carbocycles. The molecule has 0 bridgehead atoms. The second-order valence-electron chi connectivity index (χ2n) is 5.88.